The van der Waals surface area contributed by atoms with E-state index in [0.717, 1.165) is 5.92 Å². The molecule has 0 bridgehead atoms. The van der Waals surface area contributed by atoms with Crippen molar-refractivity contribution < 1.29 is 5.11 Å². The van der Waals surface area contributed by atoms with E-state index in [1.165, 1.54) is 38.5 Å². The van der Waals surface area contributed by atoms with E-state index in [1.807, 2.05) is 12.3 Å². The summed E-state index contributed by atoms with van der Waals surface area (Å²) in [6, 6.07) is 2.39. The predicted octanol–water partition coefficient (Wildman–Crippen LogP) is 2.19. The fourth-order valence-electron chi connectivity index (χ4n) is 2.99. The van der Waals surface area contributed by atoms with Crippen molar-refractivity contribution in [3.8, 4) is 0 Å². The van der Waals surface area contributed by atoms with Crippen LogP contribution in [0.3, 0.4) is 0 Å². The van der Waals surface area contributed by atoms with E-state index in [4.69, 9.17) is 0 Å². The Morgan fingerprint density at radius 3 is 2.68 bits per heavy atom. The Bertz CT molecular complexity index is 331. The zero-order valence-corrected chi connectivity index (χ0v) is 12.0. The average molecular weight is 265 g/mol. The second-order valence-corrected chi connectivity index (χ2v) is 5.83. The van der Waals surface area contributed by atoms with Gasteiger partial charge in [0.2, 0.25) is 0 Å². The Balaban J connectivity index is 1.68. The van der Waals surface area contributed by atoms with Crippen LogP contribution in [0, 0.1) is 5.92 Å². The predicted molar refractivity (Wildman–Crippen MR) is 76.9 cm³/mol. The largest absolute Gasteiger partial charge is 0.390 e. The van der Waals surface area contributed by atoms with Crippen LogP contribution in [0.1, 0.15) is 45.4 Å². The van der Waals surface area contributed by atoms with Gasteiger partial charge in [-0.3, -0.25) is 4.68 Å². The first-order valence-corrected chi connectivity index (χ1v) is 7.64. The highest BCUT2D eigenvalue weighted by atomic mass is 16.3. The molecule has 4 nitrogen and oxygen atoms in total. The zero-order valence-electron chi connectivity index (χ0n) is 12.0. The molecular formula is C15H27N3O. The molecule has 1 aromatic rings. The quantitative estimate of drug-likeness (QED) is 0.775. The van der Waals surface area contributed by atoms with Gasteiger partial charge < -0.3 is 10.4 Å². The second kappa shape index (κ2) is 7.65. The minimum Gasteiger partial charge on any atom is -0.390 e. The molecule has 1 saturated carbocycles. The summed E-state index contributed by atoms with van der Waals surface area (Å²) in [5.74, 6) is 0.777. The molecule has 0 amide bonds. The summed E-state index contributed by atoms with van der Waals surface area (Å²) in [4.78, 5) is 0. The molecule has 2 rings (SSSR count). The number of nitrogens with one attached hydrogen (secondary N) is 1. The summed E-state index contributed by atoms with van der Waals surface area (Å²) < 4.78 is 1.78. The molecule has 0 spiro atoms. The minimum atomic E-state index is -0.367. The Morgan fingerprint density at radius 2 is 2.05 bits per heavy atom. The topological polar surface area (TPSA) is 50.1 Å². The van der Waals surface area contributed by atoms with Crippen LogP contribution in [-0.4, -0.2) is 33.6 Å². The highest BCUT2D eigenvalue weighted by molar-refractivity contribution is 4.80. The van der Waals surface area contributed by atoms with Gasteiger partial charge in [0.25, 0.3) is 0 Å². The van der Waals surface area contributed by atoms with E-state index in [1.54, 1.807) is 10.9 Å². The van der Waals surface area contributed by atoms with Crippen molar-refractivity contribution in [2.24, 2.45) is 5.92 Å². The zero-order chi connectivity index (χ0) is 13.5. The number of hydrogen-bond acceptors (Lipinski definition) is 3. The molecule has 1 aliphatic carbocycles. The van der Waals surface area contributed by atoms with Gasteiger partial charge in [-0.1, -0.05) is 25.7 Å². The number of rotatable bonds is 6. The van der Waals surface area contributed by atoms with Gasteiger partial charge >= 0.3 is 0 Å². The molecule has 1 fully saturated rings. The van der Waals surface area contributed by atoms with E-state index in [0.29, 0.717) is 19.1 Å². The lowest BCUT2D eigenvalue weighted by atomic mass is 9.93. The fourth-order valence-corrected chi connectivity index (χ4v) is 2.99. The van der Waals surface area contributed by atoms with Crippen molar-refractivity contribution in [3.63, 3.8) is 0 Å². The number of aliphatic hydroxyl groups is 1. The van der Waals surface area contributed by atoms with Gasteiger partial charge in [0.1, 0.15) is 0 Å². The molecule has 108 valence electrons. The lowest BCUT2D eigenvalue weighted by Crippen LogP contribution is -2.39. The first-order valence-electron chi connectivity index (χ1n) is 7.64. The summed E-state index contributed by atoms with van der Waals surface area (Å²) >= 11 is 0. The van der Waals surface area contributed by atoms with Crippen molar-refractivity contribution in [1.29, 1.82) is 0 Å². The third-order valence-electron chi connectivity index (χ3n) is 4.24. The molecule has 0 saturated heterocycles. The Kier molecular flexibility index (Phi) is 5.86. The summed E-state index contributed by atoms with van der Waals surface area (Å²) in [5.41, 5.74) is 0. The Hall–Kier alpha value is -0.870. The van der Waals surface area contributed by atoms with Crippen LogP contribution in [0.4, 0.5) is 0 Å². The Labute approximate surface area is 116 Å². The first kappa shape index (κ1) is 14.5. The van der Waals surface area contributed by atoms with Gasteiger partial charge in [-0.15, -0.1) is 0 Å². The SMILES string of the molecule is C[C@H](NCC(O)Cn1cccn1)C1CCCCCC1. The summed E-state index contributed by atoms with van der Waals surface area (Å²) in [6.45, 7) is 3.48. The third-order valence-corrected chi connectivity index (χ3v) is 4.24. The monoisotopic (exact) mass is 265 g/mol. The maximum atomic E-state index is 10.0. The van der Waals surface area contributed by atoms with Crippen molar-refractivity contribution in [2.45, 2.75) is 64.1 Å². The molecule has 4 heteroatoms. The molecule has 1 aromatic heterocycles. The second-order valence-electron chi connectivity index (χ2n) is 5.83. The van der Waals surface area contributed by atoms with Gasteiger partial charge in [0.15, 0.2) is 0 Å². The van der Waals surface area contributed by atoms with Crippen molar-refractivity contribution in [1.82, 2.24) is 15.1 Å². The standard InChI is InChI=1S/C15H27N3O/c1-13(14-7-4-2-3-5-8-14)16-11-15(19)12-18-10-6-9-17-18/h6,9-10,13-16,19H,2-5,7-8,11-12H2,1H3/t13-,15?/m0/s1. The van der Waals surface area contributed by atoms with Crippen LogP contribution in [0.15, 0.2) is 18.5 Å². The summed E-state index contributed by atoms with van der Waals surface area (Å²) in [6.07, 6.45) is 11.5. The van der Waals surface area contributed by atoms with E-state index < -0.39 is 0 Å². The molecule has 1 aliphatic rings. The number of aliphatic hydroxyl groups excluding tert-OH is 1. The lowest BCUT2D eigenvalue weighted by molar-refractivity contribution is 0.138. The number of aromatic nitrogens is 2. The highest BCUT2D eigenvalue weighted by Gasteiger charge is 2.19. The van der Waals surface area contributed by atoms with Crippen LogP contribution in [0.2, 0.25) is 0 Å². The van der Waals surface area contributed by atoms with Crippen LogP contribution in [-0.2, 0) is 6.54 Å². The number of hydrogen-bond donors (Lipinski definition) is 2. The molecular weight excluding hydrogens is 238 g/mol. The lowest BCUT2D eigenvalue weighted by Gasteiger charge is -2.25. The fraction of sp³-hybridized carbons (Fsp3) is 0.800. The number of nitrogens with zero attached hydrogens (tertiary/aromatic N) is 2. The minimum absolute atomic E-state index is 0.367. The summed E-state index contributed by atoms with van der Waals surface area (Å²) in [7, 11) is 0. The van der Waals surface area contributed by atoms with Gasteiger partial charge in [-0.25, -0.2) is 0 Å². The first-order chi connectivity index (χ1) is 9.25. The van der Waals surface area contributed by atoms with Crippen LogP contribution in [0.25, 0.3) is 0 Å². The van der Waals surface area contributed by atoms with Gasteiger partial charge in [0, 0.05) is 25.0 Å². The van der Waals surface area contributed by atoms with E-state index in [9.17, 15) is 5.11 Å². The van der Waals surface area contributed by atoms with Gasteiger partial charge in [0.05, 0.1) is 12.6 Å². The third kappa shape index (κ3) is 4.96. The molecule has 2 atom stereocenters. The maximum absolute atomic E-state index is 10.0. The van der Waals surface area contributed by atoms with Crippen LogP contribution >= 0.6 is 0 Å². The molecule has 0 radical (unpaired) electrons. The van der Waals surface area contributed by atoms with Crippen molar-refractivity contribution >= 4 is 0 Å². The molecule has 19 heavy (non-hydrogen) atoms. The molecule has 0 aromatic carbocycles. The van der Waals surface area contributed by atoms with Crippen molar-refractivity contribution in [3.05, 3.63) is 18.5 Å². The van der Waals surface area contributed by atoms with E-state index in [2.05, 4.69) is 17.3 Å². The smallest absolute Gasteiger partial charge is 0.0860 e. The van der Waals surface area contributed by atoms with Crippen LogP contribution < -0.4 is 5.32 Å². The maximum Gasteiger partial charge on any atom is 0.0860 e. The highest BCUT2D eigenvalue weighted by Crippen LogP contribution is 2.25. The van der Waals surface area contributed by atoms with E-state index in [-0.39, 0.29) is 6.10 Å². The van der Waals surface area contributed by atoms with Gasteiger partial charge in [-0.05, 0) is 31.7 Å². The summed E-state index contributed by atoms with van der Waals surface area (Å²) in [5, 5.41) is 17.6. The van der Waals surface area contributed by atoms with Gasteiger partial charge in [-0.2, -0.15) is 5.10 Å². The molecule has 1 heterocycles. The van der Waals surface area contributed by atoms with E-state index >= 15 is 0 Å². The molecule has 2 N–H and O–H groups in total. The normalized spacial score (nSPS) is 20.9. The van der Waals surface area contributed by atoms with Crippen molar-refractivity contribution in [2.75, 3.05) is 6.54 Å². The molecule has 0 aliphatic heterocycles. The average Bonchev–Trinajstić information content (AvgIpc) is 2.76. The molecule has 1 unspecified atom stereocenters. The Morgan fingerprint density at radius 1 is 1.32 bits per heavy atom. The van der Waals surface area contributed by atoms with Crippen LogP contribution in [0.5, 0.6) is 0 Å².